The molecule has 31 heavy (non-hydrogen) atoms. The summed E-state index contributed by atoms with van der Waals surface area (Å²) in [6, 6.07) is 13.2. The minimum atomic E-state index is -3.53. The van der Waals surface area contributed by atoms with E-state index >= 15 is 0 Å². The molecular formula is C23H25ClN2O3S2. The molecule has 0 unspecified atom stereocenters. The molecule has 1 aliphatic heterocycles. The third-order valence-corrected chi connectivity index (χ3v) is 9.06. The van der Waals surface area contributed by atoms with Crippen molar-refractivity contribution in [2.24, 2.45) is 0 Å². The van der Waals surface area contributed by atoms with Crippen LogP contribution in [0.3, 0.4) is 0 Å². The SMILES string of the molecule is COc1ccc(Cl)cc1S(=O)(=O)C1CCN(c2nc(Cc3cccc(C)c3)cs2)CC1. The zero-order valence-corrected chi connectivity index (χ0v) is 19.9. The summed E-state index contributed by atoms with van der Waals surface area (Å²) in [4.78, 5) is 7.16. The lowest BCUT2D eigenvalue weighted by atomic mass is 10.1. The number of aromatic nitrogens is 1. The summed E-state index contributed by atoms with van der Waals surface area (Å²) in [5.74, 6) is 0.340. The van der Waals surface area contributed by atoms with Gasteiger partial charge in [0.25, 0.3) is 0 Å². The van der Waals surface area contributed by atoms with Crippen molar-refractivity contribution in [3.63, 3.8) is 0 Å². The highest BCUT2D eigenvalue weighted by Gasteiger charge is 2.34. The lowest BCUT2D eigenvalue weighted by Gasteiger charge is -2.31. The highest BCUT2D eigenvalue weighted by molar-refractivity contribution is 7.92. The van der Waals surface area contributed by atoms with Crippen molar-refractivity contribution >= 4 is 37.9 Å². The minimum Gasteiger partial charge on any atom is -0.495 e. The number of piperidine rings is 1. The molecular weight excluding hydrogens is 452 g/mol. The first-order chi connectivity index (χ1) is 14.9. The van der Waals surface area contributed by atoms with E-state index in [0.717, 1.165) is 17.2 Å². The molecule has 8 heteroatoms. The molecule has 0 bridgehead atoms. The normalized spacial score (nSPS) is 15.3. The minimum absolute atomic E-state index is 0.177. The number of nitrogens with zero attached hydrogens (tertiary/aromatic N) is 2. The van der Waals surface area contributed by atoms with Crippen LogP contribution in [0.5, 0.6) is 5.75 Å². The predicted octanol–water partition coefficient (Wildman–Crippen LogP) is 5.15. The van der Waals surface area contributed by atoms with Crippen LogP contribution in [0.25, 0.3) is 0 Å². The van der Waals surface area contributed by atoms with Gasteiger partial charge in [-0.25, -0.2) is 13.4 Å². The summed E-state index contributed by atoms with van der Waals surface area (Å²) in [5.41, 5.74) is 3.54. The van der Waals surface area contributed by atoms with Gasteiger partial charge in [-0.2, -0.15) is 0 Å². The highest BCUT2D eigenvalue weighted by atomic mass is 35.5. The number of aryl methyl sites for hydroxylation is 1. The molecule has 0 aliphatic carbocycles. The molecule has 1 aromatic heterocycles. The maximum absolute atomic E-state index is 13.2. The number of hydrogen-bond acceptors (Lipinski definition) is 6. The summed E-state index contributed by atoms with van der Waals surface area (Å²) in [6.45, 7) is 3.40. The number of ether oxygens (including phenoxy) is 1. The molecule has 3 aromatic rings. The molecule has 4 rings (SSSR count). The summed E-state index contributed by atoms with van der Waals surface area (Å²) in [5, 5.41) is 2.99. The maximum Gasteiger partial charge on any atom is 0.185 e. The Morgan fingerprint density at radius 1 is 1.19 bits per heavy atom. The molecule has 164 valence electrons. The van der Waals surface area contributed by atoms with E-state index in [-0.39, 0.29) is 4.90 Å². The average molecular weight is 477 g/mol. The zero-order chi connectivity index (χ0) is 22.0. The van der Waals surface area contributed by atoms with Crippen LogP contribution in [-0.2, 0) is 16.3 Å². The van der Waals surface area contributed by atoms with Crippen molar-refractivity contribution in [3.05, 3.63) is 69.7 Å². The second-order valence-corrected chi connectivity index (χ2v) is 11.3. The van der Waals surface area contributed by atoms with Crippen LogP contribution in [0.4, 0.5) is 5.13 Å². The van der Waals surface area contributed by atoms with E-state index in [1.54, 1.807) is 23.5 Å². The van der Waals surface area contributed by atoms with Crippen molar-refractivity contribution in [1.82, 2.24) is 4.98 Å². The van der Waals surface area contributed by atoms with Gasteiger partial charge < -0.3 is 9.64 Å². The number of hydrogen-bond donors (Lipinski definition) is 0. The Balaban J connectivity index is 1.43. The van der Waals surface area contributed by atoms with Gasteiger partial charge in [0.1, 0.15) is 10.6 Å². The van der Waals surface area contributed by atoms with E-state index in [0.29, 0.717) is 36.7 Å². The van der Waals surface area contributed by atoms with Gasteiger partial charge >= 0.3 is 0 Å². The Kier molecular flexibility index (Phi) is 6.55. The third-order valence-electron chi connectivity index (χ3n) is 5.59. The van der Waals surface area contributed by atoms with Crippen LogP contribution in [-0.4, -0.2) is 38.9 Å². The second-order valence-electron chi connectivity index (χ2n) is 7.81. The van der Waals surface area contributed by atoms with Crippen molar-refractivity contribution < 1.29 is 13.2 Å². The standard InChI is InChI=1S/C23H25ClN2O3S2/c1-16-4-3-5-17(12-16)13-19-15-30-23(25-19)26-10-8-20(9-11-26)31(27,28)22-14-18(24)6-7-21(22)29-2/h3-7,12,14-15,20H,8-11,13H2,1-2H3. The first kappa shape index (κ1) is 22.1. The summed E-state index contributed by atoms with van der Waals surface area (Å²) < 4.78 is 31.7. The maximum atomic E-state index is 13.2. The predicted molar refractivity (Wildman–Crippen MR) is 127 cm³/mol. The van der Waals surface area contributed by atoms with Crippen LogP contribution in [0.15, 0.2) is 52.7 Å². The van der Waals surface area contributed by atoms with Crippen molar-refractivity contribution in [1.29, 1.82) is 0 Å². The number of sulfone groups is 1. The van der Waals surface area contributed by atoms with Crippen molar-refractivity contribution in [3.8, 4) is 5.75 Å². The van der Waals surface area contributed by atoms with E-state index in [1.807, 2.05) is 0 Å². The van der Waals surface area contributed by atoms with Crippen molar-refractivity contribution in [2.45, 2.75) is 36.3 Å². The fourth-order valence-corrected chi connectivity index (χ4v) is 6.99. The lowest BCUT2D eigenvalue weighted by molar-refractivity contribution is 0.402. The van der Waals surface area contributed by atoms with Gasteiger partial charge in [-0.05, 0) is 43.5 Å². The lowest BCUT2D eigenvalue weighted by Crippen LogP contribution is -2.39. The molecule has 0 spiro atoms. The Morgan fingerprint density at radius 3 is 2.68 bits per heavy atom. The van der Waals surface area contributed by atoms with Gasteiger partial charge in [-0.1, -0.05) is 41.4 Å². The number of anilines is 1. The molecule has 1 fully saturated rings. The Labute approximate surface area is 192 Å². The number of benzene rings is 2. The van der Waals surface area contributed by atoms with E-state index in [2.05, 4.69) is 41.5 Å². The average Bonchev–Trinajstić information content (AvgIpc) is 3.22. The molecule has 0 N–H and O–H groups in total. The summed E-state index contributed by atoms with van der Waals surface area (Å²) in [6.07, 6.45) is 1.90. The zero-order valence-electron chi connectivity index (χ0n) is 17.5. The monoisotopic (exact) mass is 476 g/mol. The highest BCUT2D eigenvalue weighted by Crippen LogP contribution is 2.34. The van der Waals surface area contributed by atoms with Gasteiger partial charge in [0, 0.05) is 29.9 Å². The second kappa shape index (κ2) is 9.18. The van der Waals surface area contributed by atoms with Crippen LogP contribution in [0, 0.1) is 6.92 Å². The largest absolute Gasteiger partial charge is 0.495 e. The molecule has 0 radical (unpaired) electrons. The van der Waals surface area contributed by atoms with Gasteiger partial charge in [0.2, 0.25) is 0 Å². The van der Waals surface area contributed by atoms with Gasteiger partial charge in [-0.15, -0.1) is 11.3 Å². The quantitative estimate of drug-likeness (QED) is 0.492. The third kappa shape index (κ3) is 4.89. The van der Waals surface area contributed by atoms with Crippen LogP contribution in [0.2, 0.25) is 5.02 Å². The van der Waals surface area contributed by atoms with Crippen LogP contribution in [0.1, 0.15) is 29.7 Å². The summed E-state index contributed by atoms with van der Waals surface area (Å²) in [7, 11) is -2.05. The fraction of sp³-hybridized carbons (Fsp3) is 0.348. The Hall–Kier alpha value is -2.09. The van der Waals surface area contributed by atoms with E-state index in [1.165, 1.54) is 24.3 Å². The molecule has 1 saturated heterocycles. The Morgan fingerprint density at radius 2 is 1.97 bits per heavy atom. The Bertz CT molecular complexity index is 1170. The molecule has 0 amide bonds. The van der Waals surface area contributed by atoms with E-state index in [4.69, 9.17) is 21.3 Å². The molecule has 0 atom stereocenters. The number of rotatable bonds is 6. The molecule has 5 nitrogen and oxygen atoms in total. The van der Waals surface area contributed by atoms with Crippen LogP contribution < -0.4 is 9.64 Å². The first-order valence-electron chi connectivity index (χ1n) is 10.2. The van der Waals surface area contributed by atoms with Gasteiger partial charge in [-0.3, -0.25) is 0 Å². The van der Waals surface area contributed by atoms with Gasteiger partial charge in [0.05, 0.1) is 18.1 Å². The van der Waals surface area contributed by atoms with E-state index < -0.39 is 15.1 Å². The smallest absolute Gasteiger partial charge is 0.185 e. The number of halogens is 1. The van der Waals surface area contributed by atoms with Crippen LogP contribution >= 0.6 is 22.9 Å². The summed E-state index contributed by atoms with van der Waals surface area (Å²) >= 11 is 7.68. The first-order valence-corrected chi connectivity index (χ1v) is 13.0. The van der Waals surface area contributed by atoms with Gasteiger partial charge in [0.15, 0.2) is 15.0 Å². The molecule has 1 aliphatic rings. The fourth-order valence-electron chi connectivity index (χ4n) is 3.96. The topological polar surface area (TPSA) is 59.5 Å². The van der Waals surface area contributed by atoms with E-state index in [9.17, 15) is 8.42 Å². The number of thiazole rings is 1. The molecule has 2 heterocycles. The molecule has 2 aromatic carbocycles. The molecule has 0 saturated carbocycles. The van der Waals surface area contributed by atoms with Crippen molar-refractivity contribution in [2.75, 3.05) is 25.1 Å². The number of methoxy groups -OCH3 is 1.